The van der Waals surface area contributed by atoms with Crippen LogP contribution in [0, 0.1) is 0 Å². The highest BCUT2D eigenvalue weighted by Crippen LogP contribution is 2.23. The van der Waals surface area contributed by atoms with E-state index in [1.54, 1.807) is 6.92 Å². The first-order chi connectivity index (χ1) is 8.79. The van der Waals surface area contributed by atoms with Crippen LogP contribution in [-0.2, 0) is 25.6 Å². The van der Waals surface area contributed by atoms with Gasteiger partial charge in [0.2, 0.25) is 0 Å². The molecule has 0 amide bonds. The van der Waals surface area contributed by atoms with Gasteiger partial charge >= 0.3 is 5.97 Å². The Morgan fingerprint density at radius 3 is 2.67 bits per heavy atom. The van der Waals surface area contributed by atoms with Crippen molar-refractivity contribution in [2.24, 2.45) is 0 Å². The summed E-state index contributed by atoms with van der Waals surface area (Å²) in [5.41, 5.74) is 1.15. The molecule has 98 valence electrons. The maximum atomic E-state index is 10.9. The van der Waals surface area contributed by atoms with Crippen LogP contribution in [0.4, 0.5) is 0 Å². The van der Waals surface area contributed by atoms with Crippen LogP contribution in [0.1, 0.15) is 18.9 Å². The minimum atomic E-state index is -0.186. The summed E-state index contributed by atoms with van der Waals surface area (Å²) in [7, 11) is 0. The Hall–Kier alpha value is -1.39. The maximum absolute atomic E-state index is 10.9. The van der Waals surface area contributed by atoms with Crippen LogP contribution in [0.25, 0.3) is 0 Å². The van der Waals surface area contributed by atoms with E-state index in [4.69, 9.17) is 14.2 Å². The number of rotatable bonds is 7. The molecule has 0 aliphatic carbocycles. The number of ether oxygens (including phenoxy) is 3. The predicted octanol–water partition coefficient (Wildman–Crippen LogP) is 1.92. The van der Waals surface area contributed by atoms with Gasteiger partial charge in [-0.2, -0.15) is 0 Å². The highest BCUT2D eigenvalue weighted by atomic mass is 16.6. The van der Waals surface area contributed by atoms with Gasteiger partial charge in [0, 0.05) is 6.42 Å². The summed E-state index contributed by atoms with van der Waals surface area (Å²) in [4.78, 5) is 10.9. The highest BCUT2D eigenvalue weighted by molar-refractivity contribution is 5.68. The summed E-state index contributed by atoms with van der Waals surface area (Å²) in [5, 5.41) is 0. The molecule has 2 atom stereocenters. The van der Waals surface area contributed by atoms with Crippen LogP contribution in [0.2, 0.25) is 0 Å². The monoisotopic (exact) mass is 250 g/mol. The molecule has 1 aliphatic rings. The van der Waals surface area contributed by atoms with E-state index in [0.717, 1.165) is 5.56 Å². The molecule has 1 fully saturated rings. The Bertz CT molecular complexity index is 377. The molecule has 0 bridgehead atoms. The molecule has 1 aromatic carbocycles. The maximum Gasteiger partial charge on any atom is 0.305 e. The molecule has 0 saturated carbocycles. The van der Waals surface area contributed by atoms with Crippen LogP contribution in [0.15, 0.2) is 30.3 Å². The van der Waals surface area contributed by atoms with E-state index >= 15 is 0 Å². The molecule has 1 aliphatic heterocycles. The number of carbonyl (C=O) groups excluding carboxylic acids is 1. The van der Waals surface area contributed by atoms with Crippen LogP contribution in [-0.4, -0.2) is 31.4 Å². The number of epoxide rings is 1. The largest absolute Gasteiger partial charge is 0.463 e. The average molecular weight is 250 g/mol. The van der Waals surface area contributed by atoms with Gasteiger partial charge in [-0.3, -0.25) is 4.79 Å². The second kappa shape index (κ2) is 6.52. The molecular formula is C14H18O4. The van der Waals surface area contributed by atoms with Crippen molar-refractivity contribution in [1.82, 2.24) is 0 Å². The fourth-order valence-electron chi connectivity index (χ4n) is 1.62. The lowest BCUT2D eigenvalue weighted by Gasteiger charge is -2.02. The third-order valence-electron chi connectivity index (χ3n) is 2.78. The van der Waals surface area contributed by atoms with Gasteiger partial charge in [-0.05, 0) is 5.56 Å². The summed E-state index contributed by atoms with van der Waals surface area (Å²) in [6.45, 7) is 3.24. The summed E-state index contributed by atoms with van der Waals surface area (Å²) >= 11 is 0. The van der Waals surface area contributed by atoms with Gasteiger partial charge in [0.1, 0.15) is 18.8 Å². The van der Waals surface area contributed by atoms with E-state index in [9.17, 15) is 4.79 Å². The number of carbonyl (C=O) groups is 1. The average Bonchev–Trinajstić information content (AvgIpc) is 3.16. The van der Waals surface area contributed by atoms with Crippen LogP contribution < -0.4 is 0 Å². The van der Waals surface area contributed by atoms with Crippen molar-refractivity contribution in [3.63, 3.8) is 0 Å². The fourth-order valence-corrected chi connectivity index (χ4v) is 1.62. The highest BCUT2D eigenvalue weighted by Gasteiger charge is 2.39. The van der Waals surface area contributed by atoms with E-state index in [0.29, 0.717) is 26.2 Å². The van der Waals surface area contributed by atoms with Crippen molar-refractivity contribution in [1.29, 1.82) is 0 Å². The van der Waals surface area contributed by atoms with Crippen molar-refractivity contribution in [3.8, 4) is 0 Å². The van der Waals surface area contributed by atoms with E-state index < -0.39 is 0 Å². The lowest BCUT2D eigenvalue weighted by atomic mass is 10.2. The molecule has 0 spiro atoms. The smallest absolute Gasteiger partial charge is 0.305 e. The number of hydrogen-bond acceptors (Lipinski definition) is 4. The van der Waals surface area contributed by atoms with Gasteiger partial charge in [-0.25, -0.2) is 0 Å². The zero-order chi connectivity index (χ0) is 12.8. The van der Waals surface area contributed by atoms with Crippen molar-refractivity contribution in [3.05, 3.63) is 35.9 Å². The second-order valence-electron chi connectivity index (χ2n) is 4.25. The van der Waals surface area contributed by atoms with Crippen molar-refractivity contribution >= 4 is 5.97 Å². The first kappa shape index (κ1) is 13.1. The molecule has 2 rings (SSSR count). The molecule has 1 saturated heterocycles. The zero-order valence-electron chi connectivity index (χ0n) is 10.5. The van der Waals surface area contributed by atoms with Gasteiger partial charge in [-0.15, -0.1) is 0 Å². The Kier molecular flexibility index (Phi) is 4.73. The molecular weight excluding hydrogens is 232 g/mol. The Morgan fingerprint density at radius 2 is 1.94 bits per heavy atom. The fraction of sp³-hybridized carbons (Fsp3) is 0.500. The normalized spacial score (nSPS) is 21.6. The van der Waals surface area contributed by atoms with Gasteiger partial charge in [0.15, 0.2) is 0 Å². The number of hydrogen-bond donors (Lipinski definition) is 0. The van der Waals surface area contributed by atoms with Crippen LogP contribution >= 0.6 is 0 Å². The summed E-state index contributed by atoms with van der Waals surface area (Å²) in [6.07, 6.45) is 0.483. The van der Waals surface area contributed by atoms with Crippen molar-refractivity contribution < 1.29 is 19.0 Å². The van der Waals surface area contributed by atoms with Crippen molar-refractivity contribution in [2.45, 2.75) is 32.2 Å². The van der Waals surface area contributed by atoms with Gasteiger partial charge in [0.05, 0.1) is 13.2 Å². The molecule has 1 aromatic rings. The predicted molar refractivity (Wildman–Crippen MR) is 66.0 cm³/mol. The SMILES string of the molecule is CCC(=O)OC[C@@H]1O[C@@H]1COCc1ccccc1. The zero-order valence-corrected chi connectivity index (χ0v) is 10.5. The molecule has 4 nitrogen and oxygen atoms in total. The molecule has 0 N–H and O–H groups in total. The number of esters is 1. The lowest BCUT2D eigenvalue weighted by Crippen LogP contribution is -2.12. The van der Waals surface area contributed by atoms with Crippen LogP contribution in [0.5, 0.6) is 0 Å². The minimum absolute atomic E-state index is 0.0104. The standard InChI is InChI=1S/C14H18O4/c1-2-14(15)17-10-13-12(18-13)9-16-8-11-6-4-3-5-7-11/h3-7,12-13H,2,8-10H2,1H3/t12-,13+/m1/s1. The van der Waals surface area contributed by atoms with E-state index in [1.807, 2.05) is 30.3 Å². The summed E-state index contributed by atoms with van der Waals surface area (Å²) in [6, 6.07) is 9.99. The second-order valence-corrected chi connectivity index (χ2v) is 4.25. The first-order valence-electron chi connectivity index (χ1n) is 6.22. The summed E-state index contributed by atoms with van der Waals surface area (Å²) in [5.74, 6) is -0.186. The molecule has 0 aromatic heterocycles. The topological polar surface area (TPSA) is 48.1 Å². The Labute approximate surface area is 107 Å². The molecule has 0 unspecified atom stereocenters. The third-order valence-corrected chi connectivity index (χ3v) is 2.78. The van der Waals surface area contributed by atoms with E-state index in [1.165, 1.54) is 0 Å². The van der Waals surface area contributed by atoms with Gasteiger partial charge in [0.25, 0.3) is 0 Å². The molecule has 18 heavy (non-hydrogen) atoms. The molecule has 0 radical (unpaired) electrons. The van der Waals surface area contributed by atoms with E-state index in [2.05, 4.69) is 0 Å². The first-order valence-corrected chi connectivity index (χ1v) is 6.22. The van der Waals surface area contributed by atoms with Crippen LogP contribution in [0.3, 0.4) is 0 Å². The van der Waals surface area contributed by atoms with Crippen molar-refractivity contribution in [2.75, 3.05) is 13.2 Å². The Morgan fingerprint density at radius 1 is 1.22 bits per heavy atom. The quantitative estimate of drug-likeness (QED) is 0.548. The molecule has 4 heteroatoms. The number of benzene rings is 1. The van der Waals surface area contributed by atoms with Gasteiger partial charge < -0.3 is 14.2 Å². The minimum Gasteiger partial charge on any atom is -0.463 e. The third kappa shape index (κ3) is 4.13. The molecule has 1 heterocycles. The van der Waals surface area contributed by atoms with Gasteiger partial charge in [-0.1, -0.05) is 37.3 Å². The van der Waals surface area contributed by atoms with E-state index in [-0.39, 0.29) is 18.2 Å². The lowest BCUT2D eigenvalue weighted by molar-refractivity contribution is -0.143. The summed E-state index contributed by atoms with van der Waals surface area (Å²) < 4.78 is 15.9. The Balaban J connectivity index is 1.56.